The summed E-state index contributed by atoms with van der Waals surface area (Å²) in [5.41, 5.74) is 4.53. The fraction of sp³-hybridized carbons (Fsp3) is 0.613. The Labute approximate surface area is 219 Å². The molecule has 0 spiro atoms. The predicted octanol–water partition coefficient (Wildman–Crippen LogP) is 7.65. The number of ether oxygens (including phenoxy) is 1. The van der Waals surface area contributed by atoms with Crippen LogP contribution in [0.5, 0.6) is 0 Å². The van der Waals surface area contributed by atoms with Crippen LogP contribution in [-0.4, -0.2) is 17.1 Å². The second-order valence-corrected chi connectivity index (χ2v) is 13.1. The number of fused-ring (bicyclic) bond motifs is 7. The molecule has 6 atom stereocenters. The van der Waals surface area contributed by atoms with E-state index in [0.29, 0.717) is 18.3 Å². The zero-order valence-corrected chi connectivity index (χ0v) is 22.8. The highest BCUT2D eigenvalue weighted by Crippen LogP contribution is 2.66. The molecular formula is C31H40N2O2S. The summed E-state index contributed by atoms with van der Waals surface area (Å²) in [5.74, 6) is 2.09. The van der Waals surface area contributed by atoms with Crippen LogP contribution < -0.4 is 5.32 Å². The Kier molecular flexibility index (Phi) is 6.26. The molecule has 1 aromatic heterocycles. The quantitative estimate of drug-likeness (QED) is 0.411. The maximum Gasteiger partial charge on any atom is 0.306 e. The minimum Gasteiger partial charge on any atom is -0.462 e. The van der Waals surface area contributed by atoms with Gasteiger partial charge in [-0.2, -0.15) is 0 Å². The number of hydrogen-bond acceptors (Lipinski definition) is 5. The molecule has 0 bridgehead atoms. The van der Waals surface area contributed by atoms with Crippen LogP contribution in [0.15, 0.2) is 36.4 Å². The van der Waals surface area contributed by atoms with E-state index in [1.807, 2.05) is 11.3 Å². The first-order valence-corrected chi connectivity index (χ1v) is 14.9. The molecule has 2 saturated carbocycles. The van der Waals surface area contributed by atoms with Crippen LogP contribution in [0.1, 0.15) is 88.3 Å². The molecule has 0 amide bonds. The maximum atomic E-state index is 12.3. The SMILES string of the molecule is CCCC(=O)O[C@H]1CC[C@H]2[C@@H]3CC=C4c5sc(NCc6ccccc6)nc5CC[C@]4(C)[C@H]3CC[C@]12C. The van der Waals surface area contributed by atoms with E-state index in [0.717, 1.165) is 43.3 Å². The number of benzene rings is 1. The van der Waals surface area contributed by atoms with E-state index >= 15 is 0 Å². The lowest BCUT2D eigenvalue weighted by atomic mass is 9.48. The average molecular weight is 505 g/mol. The monoisotopic (exact) mass is 504 g/mol. The van der Waals surface area contributed by atoms with Gasteiger partial charge in [0.2, 0.25) is 0 Å². The molecular weight excluding hydrogens is 464 g/mol. The van der Waals surface area contributed by atoms with Crippen LogP contribution >= 0.6 is 11.3 Å². The van der Waals surface area contributed by atoms with E-state index in [1.165, 1.54) is 41.8 Å². The van der Waals surface area contributed by atoms with Crippen molar-refractivity contribution < 1.29 is 9.53 Å². The second-order valence-electron chi connectivity index (χ2n) is 12.1. The predicted molar refractivity (Wildman–Crippen MR) is 147 cm³/mol. The van der Waals surface area contributed by atoms with Crippen molar-refractivity contribution >= 4 is 28.0 Å². The molecule has 192 valence electrons. The van der Waals surface area contributed by atoms with Crippen molar-refractivity contribution in [2.24, 2.45) is 28.6 Å². The highest BCUT2D eigenvalue weighted by atomic mass is 32.1. The topological polar surface area (TPSA) is 51.2 Å². The fourth-order valence-corrected chi connectivity index (χ4v) is 9.48. The van der Waals surface area contributed by atoms with E-state index in [4.69, 9.17) is 9.72 Å². The van der Waals surface area contributed by atoms with Crippen LogP contribution in [0, 0.1) is 28.6 Å². The molecule has 0 unspecified atom stereocenters. The Morgan fingerprint density at radius 3 is 2.78 bits per heavy atom. The van der Waals surface area contributed by atoms with Gasteiger partial charge in [-0.3, -0.25) is 4.79 Å². The van der Waals surface area contributed by atoms with Gasteiger partial charge in [0.05, 0.1) is 10.6 Å². The molecule has 6 rings (SSSR count). The lowest BCUT2D eigenvalue weighted by molar-refractivity contribution is -0.159. The highest BCUT2D eigenvalue weighted by molar-refractivity contribution is 7.16. The summed E-state index contributed by atoms with van der Waals surface area (Å²) < 4.78 is 6.07. The zero-order chi connectivity index (χ0) is 24.9. The lowest BCUT2D eigenvalue weighted by Gasteiger charge is -2.56. The molecule has 2 aromatic rings. The molecule has 0 radical (unpaired) electrons. The number of thiazole rings is 1. The summed E-state index contributed by atoms with van der Waals surface area (Å²) in [5, 5.41) is 4.64. The molecule has 1 heterocycles. The number of carbonyl (C=O) groups excluding carboxylic acids is 1. The van der Waals surface area contributed by atoms with Gasteiger partial charge in [0.15, 0.2) is 5.13 Å². The number of aryl methyl sites for hydroxylation is 1. The molecule has 0 saturated heterocycles. The van der Waals surface area contributed by atoms with Gasteiger partial charge in [-0.05, 0) is 85.7 Å². The number of esters is 1. The number of anilines is 1. The summed E-state index contributed by atoms with van der Waals surface area (Å²) in [7, 11) is 0. The lowest BCUT2D eigenvalue weighted by Crippen LogP contribution is -2.50. The van der Waals surface area contributed by atoms with Gasteiger partial charge in [-0.15, -0.1) is 0 Å². The van der Waals surface area contributed by atoms with Gasteiger partial charge in [-0.1, -0.05) is 68.5 Å². The molecule has 4 nitrogen and oxygen atoms in total. The Morgan fingerprint density at radius 2 is 1.97 bits per heavy atom. The van der Waals surface area contributed by atoms with Gasteiger partial charge >= 0.3 is 5.97 Å². The Morgan fingerprint density at radius 1 is 1.14 bits per heavy atom. The Hall–Kier alpha value is -2.14. The molecule has 1 N–H and O–H groups in total. The number of aromatic nitrogens is 1. The fourth-order valence-electron chi connectivity index (χ4n) is 8.29. The van der Waals surface area contributed by atoms with Crippen molar-refractivity contribution in [1.29, 1.82) is 0 Å². The largest absolute Gasteiger partial charge is 0.462 e. The first-order chi connectivity index (χ1) is 17.4. The first kappa shape index (κ1) is 24.2. The molecule has 4 aliphatic carbocycles. The van der Waals surface area contributed by atoms with E-state index in [9.17, 15) is 4.79 Å². The molecule has 2 fully saturated rings. The third-order valence-electron chi connectivity index (χ3n) is 10.2. The van der Waals surface area contributed by atoms with Crippen molar-refractivity contribution in [1.82, 2.24) is 4.98 Å². The van der Waals surface area contributed by atoms with Crippen molar-refractivity contribution in [2.75, 3.05) is 5.32 Å². The highest BCUT2D eigenvalue weighted by Gasteiger charge is 2.60. The van der Waals surface area contributed by atoms with Crippen molar-refractivity contribution in [3.05, 3.63) is 52.5 Å². The zero-order valence-electron chi connectivity index (χ0n) is 22.0. The van der Waals surface area contributed by atoms with E-state index < -0.39 is 0 Å². The van der Waals surface area contributed by atoms with Crippen molar-refractivity contribution in [2.45, 2.75) is 91.2 Å². The number of hydrogen-bond donors (Lipinski definition) is 1. The van der Waals surface area contributed by atoms with E-state index in [1.54, 1.807) is 5.57 Å². The number of nitrogens with one attached hydrogen (secondary N) is 1. The molecule has 1 aromatic carbocycles. The smallest absolute Gasteiger partial charge is 0.306 e. The standard InChI is InChI=1S/C31H40N2O2S/c1-4-8-27(34)35-26-14-13-22-21-11-12-24-28-25(16-18-30(24,2)23(21)15-17-31(22,26)3)33-29(36-28)32-19-20-9-6-5-7-10-20/h5-7,9-10,12,21-23,26H,4,8,11,13-19H2,1-3H3,(H,32,33)/t21-,22-,23-,26-,30+,31-/m0/s1. The number of rotatable bonds is 6. The summed E-state index contributed by atoms with van der Waals surface area (Å²) in [6.07, 6.45) is 12.2. The minimum atomic E-state index is 0.00553. The second kappa shape index (κ2) is 9.31. The van der Waals surface area contributed by atoms with Crippen LogP contribution in [0.25, 0.3) is 5.57 Å². The molecule has 36 heavy (non-hydrogen) atoms. The van der Waals surface area contributed by atoms with Crippen molar-refractivity contribution in [3.8, 4) is 0 Å². The maximum absolute atomic E-state index is 12.3. The third-order valence-corrected chi connectivity index (χ3v) is 11.3. The van der Waals surface area contributed by atoms with E-state index in [2.05, 4.69) is 62.5 Å². The average Bonchev–Trinajstić information content (AvgIpc) is 3.44. The van der Waals surface area contributed by atoms with Crippen LogP contribution in [0.4, 0.5) is 5.13 Å². The minimum absolute atomic E-state index is 0.00553. The molecule has 0 aliphatic heterocycles. The number of nitrogens with zero attached hydrogens (tertiary/aromatic N) is 1. The van der Waals surface area contributed by atoms with Crippen molar-refractivity contribution in [3.63, 3.8) is 0 Å². The Balaban J connectivity index is 1.22. The van der Waals surface area contributed by atoms with Crippen LogP contribution in [0.2, 0.25) is 0 Å². The summed E-state index contributed by atoms with van der Waals surface area (Å²) in [6.45, 7) is 7.85. The van der Waals surface area contributed by atoms with Crippen LogP contribution in [0.3, 0.4) is 0 Å². The summed E-state index contributed by atoms with van der Waals surface area (Å²) in [4.78, 5) is 18.8. The third kappa shape index (κ3) is 3.93. The number of allylic oxidation sites excluding steroid dienone is 2. The van der Waals surface area contributed by atoms with Gasteiger partial charge in [-0.25, -0.2) is 4.98 Å². The van der Waals surface area contributed by atoms with Gasteiger partial charge in [0, 0.05) is 18.4 Å². The number of carbonyl (C=O) groups is 1. The van der Waals surface area contributed by atoms with Gasteiger partial charge < -0.3 is 10.1 Å². The van der Waals surface area contributed by atoms with Gasteiger partial charge in [0.1, 0.15) is 6.10 Å². The Bertz CT molecular complexity index is 1160. The first-order valence-electron chi connectivity index (χ1n) is 14.1. The molecule has 4 aliphatic rings. The summed E-state index contributed by atoms with van der Waals surface area (Å²) in [6, 6.07) is 10.6. The summed E-state index contributed by atoms with van der Waals surface area (Å²) >= 11 is 1.86. The van der Waals surface area contributed by atoms with Gasteiger partial charge in [0.25, 0.3) is 0 Å². The van der Waals surface area contributed by atoms with Crippen LogP contribution in [-0.2, 0) is 22.5 Å². The van der Waals surface area contributed by atoms with E-state index in [-0.39, 0.29) is 22.9 Å². The molecule has 5 heteroatoms. The normalized spacial score (nSPS) is 34.6.